The number of carboxylic acids is 1. The molecule has 0 aromatic heterocycles. The molecule has 0 saturated carbocycles. The predicted octanol–water partition coefficient (Wildman–Crippen LogP) is 0.750. The van der Waals surface area contributed by atoms with Crippen molar-refractivity contribution in [1.29, 1.82) is 0 Å². The van der Waals surface area contributed by atoms with Gasteiger partial charge in [0.15, 0.2) is 6.10 Å². The summed E-state index contributed by atoms with van der Waals surface area (Å²) in [6, 6.07) is 7.24. The summed E-state index contributed by atoms with van der Waals surface area (Å²) in [7, 11) is 0. The highest BCUT2D eigenvalue weighted by atomic mass is 16.5. The van der Waals surface area contributed by atoms with Crippen LogP contribution in [0.5, 0.6) is 5.75 Å². The van der Waals surface area contributed by atoms with Crippen molar-refractivity contribution in [3.8, 4) is 5.75 Å². The van der Waals surface area contributed by atoms with Crippen LogP contribution in [0.3, 0.4) is 0 Å². The number of ether oxygens (including phenoxy) is 2. The lowest BCUT2D eigenvalue weighted by molar-refractivity contribution is -0.160. The highest BCUT2D eigenvalue weighted by Gasteiger charge is 2.40. The Bertz CT molecular complexity index is 707. The van der Waals surface area contributed by atoms with Gasteiger partial charge in [0.2, 0.25) is 11.8 Å². The molecule has 2 aliphatic rings. The van der Waals surface area contributed by atoms with Crippen LogP contribution in [0.2, 0.25) is 0 Å². The van der Waals surface area contributed by atoms with E-state index in [-0.39, 0.29) is 37.9 Å². The monoisotopic (exact) mass is 362 g/mol. The zero-order valence-electron chi connectivity index (χ0n) is 14.6. The maximum atomic E-state index is 12.8. The molecule has 0 bridgehead atoms. The molecule has 140 valence electrons. The number of carbonyl (C=O) groups excluding carboxylic acids is 2. The predicted molar refractivity (Wildman–Crippen MR) is 92.0 cm³/mol. The zero-order chi connectivity index (χ0) is 18.7. The summed E-state index contributed by atoms with van der Waals surface area (Å²) in [6.45, 7) is 3.13. The van der Waals surface area contributed by atoms with E-state index in [9.17, 15) is 14.4 Å². The lowest BCUT2D eigenvalue weighted by Gasteiger charge is -2.32. The third-order valence-corrected chi connectivity index (χ3v) is 4.58. The van der Waals surface area contributed by atoms with Crippen LogP contribution in [0, 0.1) is 5.92 Å². The van der Waals surface area contributed by atoms with Gasteiger partial charge in [-0.25, -0.2) is 4.79 Å². The van der Waals surface area contributed by atoms with Crippen LogP contribution in [0.25, 0.3) is 0 Å². The first kappa shape index (κ1) is 18.2. The van der Waals surface area contributed by atoms with Crippen molar-refractivity contribution in [2.24, 2.45) is 5.92 Å². The van der Waals surface area contributed by atoms with Crippen LogP contribution in [0.4, 0.5) is 5.69 Å². The van der Waals surface area contributed by atoms with Crippen LogP contribution < -0.4 is 9.64 Å². The molecule has 1 aromatic rings. The number of amides is 2. The Morgan fingerprint density at radius 1 is 1.31 bits per heavy atom. The largest absolute Gasteiger partial charge is 0.492 e. The van der Waals surface area contributed by atoms with E-state index in [1.165, 1.54) is 4.90 Å². The standard InChI is InChI=1S/C18H22N2O6/c1-2-25-14-6-4-3-5-13(14)20-10-12(9-16(20)21)17(22)19-7-8-26-15(11-19)18(23)24/h3-6,12,15H,2,7-11H2,1H3,(H,23,24)/t12-,15+/m0/s1. The molecule has 26 heavy (non-hydrogen) atoms. The maximum Gasteiger partial charge on any atom is 0.334 e. The molecule has 3 rings (SSSR count). The van der Waals surface area contributed by atoms with Gasteiger partial charge in [0.1, 0.15) is 5.75 Å². The summed E-state index contributed by atoms with van der Waals surface area (Å²) in [4.78, 5) is 39.4. The third-order valence-electron chi connectivity index (χ3n) is 4.58. The molecular formula is C18H22N2O6. The second-order valence-electron chi connectivity index (χ2n) is 6.29. The Kier molecular flexibility index (Phi) is 5.41. The van der Waals surface area contributed by atoms with Gasteiger partial charge in [-0.1, -0.05) is 12.1 Å². The van der Waals surface area contributed by atoms with E-state index in [1.54, 1.807) is 17.0 Å². The summed E-state index contributed by atoms with van der Waals surface area (Å²) in [5.41, 5.74) is 0.653. The molecule has 2 saturated heterocycles. The van der Waals surface area contributed by atoms with E-state index in [2.05, 4.69) is 0 Å². The molecule has 2 heterocycles. The first-order valence-corrected chi connectivity index (χ1v) is 8.66. The molecule has 0 aliphatic carbocycles. The third kappa shape index (κ3) is 3.65. The molecule has 0 unspecified atom stereocenters. The number of hydrogen-bond donors (Lipinski definition) is 1. The molecule has 2 atom stereocenters. The number of anilines is 1. The summed E-state index contributed by atoms with van der Waals surface area (Å²) in [5, 5.41) is 9.08. The molecular weight excluding hydrogens is 340 g/mol. The molecule has 2 aliphatic heterocycles. The minimum absolute atomic E-state index is 0.00832. The molecule has 1 N–H and O–H groups in total. The topological polar surface area (TPSA) is 96.4 Å². The molecule has 0 radical (unpaired) electrons. The second kappa shape index (κ2) is 7.74. The van der Waals surface area contributed by atoms with Crippen molar-refractivity contribution in [2.45, 2.75) is 19.4 Å². The van der Waals surface area contributed by atoms with Crippen molar-refractivity contribution in [3.05, 3.63) is 24.3 Å². The average Bonchev–Trinajstić information content (AvgIpc) is 3.03. The summed E-state index contributed by atoms with van der Waals surface area (Å²) >= 11 is 0. The summed E-state index contributed by atoms with van der Waals surface area (Å²) < 4.78 is 10.7. The number of carboxylic acid groups (broad SMARTS) is 1. The van der Waals surface area contributed by atoms with Gasteiger partial charge in [0.25, 0.3) is 0 Å². The van der Waals surface area contributed by atoms with Crippen molar-refractivity contribution in [1.82, 2.24) is 4.90 Å². The number of nitrogens with zero attached hydrogens (tertiary/aromatic N) is 2. The van der Waals surface area contributed by atoms with Gasteiger partial charge < -0.3 is 24.4 Å². The molecule has 1 aromatic carbocycles. The maximum absolute atomic E-state index is 12.8. The second-order valence-corrected chi connectivity index (χ2v) is 6.29. The van der Waals surface area contributed by atoms with Gasteiger partial charge >= 0.3 is 5.97 Å². The SMILES string of the molecule is CCOc1ccccc1N1C[C@@H](C(=O)N2CCO[C@@H](C(=O)O)C2)CC1=O. The van der Waals surface area contributed by atoms with Crippen LogP contribution in [0.1, 0.15) is 13.3 Å². The minimum atomic E-state index is -1.09. The minimum Gasteiger partial charge on any atom is -0.492 e. The molecule has 8 nitrogen and oxygen atoms in total. The highest BCUT2D eigenvalue weighted by molar-refractivity contribution is 6.01. The van der Waals surface area contributed by atoms with E-state index in [1.807, 2.05) is 19.1 Å². The van der Waals surface area contributed by atoms with Crippen molar-refractivity contribution >= 4 is 23.5 Å². The lowest BCUT2D eigenvalue weighted by Crippen LogP contribution is -2.50. The van der Waals surface area contributed by atoms with Gasteiger partial charge in [-0.15, -0.1) is 0 Å². The molecule has 2 fully saturated rings. The van der Waals surface area contributed by atoms with E-state index in [0.29, 0.717) is 24.6 Å². The van der Waals surface area contributed by atoms with Crippen LogP contribution in [-0.2, 0) is 19.1 Å². The fraction of sp³-hybridized carbons (Fsp3) is 0.500. The van der Waals surface area contributed by atoms with Crippen LogP contribution >= 0.6 is 0 Å². The van der Waals surface area contributed by atoms with Crippen molar-refractivity contribution in [2.75, 3.05) is 37.7 Å². The first-order chi connectivity index (χ1) is 12.5. The Morgan fingerprint density at radius 2 is 2.08 bits per heavy atom. The molecule has 0 spiro atoms. The zero-order valence-corrected chi connectivity index (χ0v) is 14.6. The number of benzene rings is 1. The first-order valence-electron chi connectivity index (χ1n) is 8.66. The summed E-state index contributed by atoms with van der Waals surface area (Å²) in [5.74, 6) is -1.32. The van der Waals surface area contributed by atoms with Gasteiger partial charge in [-0.05, 0) is 19.1 Å². The van der Waals surface area contributed by atoms with E-state index >= 15 is 0 Å². The number of rotatable bonds is 5. The van der Waals surface area contributed by atoms with Gasteiger partial charge in [0, 0.05) is 19.5 Å². The smallest absolute Gasteiger partial charge is 0.334 e. The Hall–Kier alpha value is -2.61. The fourth-order valence-electron chi connectivity index (χ4n) is 3.32. The number of carbonyl (C=O) groups is 3. The van der Waals surface area contributed by atoms with Crippen LogP contribution in [0.15, 0.2) is 24.3 Å². The number of morpholine rings is 1. The van der Waals surface area contributed by atoms with Crippen molar-refractivity contribution in [3.63, 3.8) is 0 Å². The quantitative estimate of drug-likeness (QED) is 0.830. The molecule has 8 heteroatoms. The fourth-order valence-corrected chi connectivity index (χ4v) is 3.32. The van der Waals surface area contributed by atoms with E-state index in [0.717, 1.165) is 0 Å². The highest BCUT2D eigenvalue weighted by Crippen LogP contribution is 2.33. The molecule has 2 amide bonds. The van der Waals surface area contributed by atoms with Crippen LogP contribution in [-0.4, -0.2) is 66.7 Å². The normalized spacial score (nSPS) is 23.2. The number of para-hydroxylation sites is 2. The van der Waals surface area contributed by atoms with Gasteiger partial charge in [0.05, 0.1) is 31.4 Å². The van der Waals surface area contributed by atoms with Crippen molar-refractivity contribution < 1.29 is 29.0 Å². The Morgan fingerprint density at radius 3 is 2.81 bits per heavy atom. The van der Waals surface area contributed by atoms with E-state index in [4.69, 9.17) is 14.6 Å². The lowest BCUT2D eigenvalue weighted by atomic mass is 10.1. The Labute approximate surface area is 151 Å². The van der Waals surface area contributed by atoms with Gasteiger partial charge in [-0.2, -0.15) is 0 Å². The average molecular weight is 362 g/mol. The number of aliphatic carboxylic acids is 1. The summed E-state index contributed by atoms with van der Waals surface area (Å²) in [6.07, 6.45) is -0.909. The number of hydrogen-bond acceptors (Lipinski definition) is 5. The van der Waals surface area contributed by atoms with Gasteiger partial charge in [-0.3, -0.25) is 9.59 Å². The van der Waals surface area contributed by atoms with E-state index < -0.39 is 18.0 Å². The Balaban J connectivity index is 1.71.